The van der Waals surface area contributed by atoms with E-state index in [-0.39, 0.29) is 45.6 Å². The van der Waals surface area contributed by atoms with Crippen molar-refractivity contribution in [2.75, 3.05) is 66.8 Å². The summed E-state index contributed by atoms with van der Waals surface area (Å²) in [5.74, 6) is 1.08. The highest BCUT2D eigenvalue weighted by Gasteiger charge is 2.57. The van der Waals surface area contributed by atoms with Crippen LogP contribution in [0, 0.1) is 0 Å². The first kappa shape index (κ1) is 68.4. The quantitative estimate of drug-likeness (QED) is 0.0103. The minimum absolute atomic E-state index is 0.0852. The fourth-order valence-electron chi connectivity index (χ4n) is 11.2. The number of aromatic nitrogens is 4. The Balaban J connectivity index is 1.26. The van der Waals surface area contributed by atoms with Gasteiger partial charge < -0.3 is 70.8 Å². The van der Waals surface area contributed by atoms with Gasteiger partial charge in [0.1, 0.15) is 41.6 Å². The number of fused-ring (bicyclic) bond motifs is 1. The van der Waals surface area contributed by atoms with E-state index >= 15 is 0 Å². The number of carbonyl (C=O) groups excluding carboxylic acids is 1. The van der Waals surface area contributed by atoms with Crippen LogP contribution < -0.4 is 20.5 Å². The third-order valence-electron chi connectivity index (χ3n) is 15.3. The molecule has 1 aliphatic heterocycles. The molecule has 3 heterocycles. The molecule has 1 saturated heterocycles. The molecule has 88 heavy (non-hydrogen) atoms. The average molecular weight is 1270 g/mol. The minimum atomic E-state index is -4.11. The Morgan fingerprint density at radius 2 is 1.20 bits per heavy atom. The van der Waals surface area contributed by atoms with E-state index in [9.17, 15) is 4.79 Å². The van der Waals surface area contributed by atoms with E-state index in [1.54, 1.807) is 39.3 Å². The summed E-state index contributed by atoms with van der Waals surface area (Å²) in [6.45, 7) is 11.7. The number of ether oxygens (including phenoxy) is 9. The molecule has 0 unspecified atom stereocenters. The maximum absolute atomic E-state index is 14.8. The lowest BCUT2D eigenvalue weighted by atomic mass is 9.77. The SMILES string of the molecule is COCCOC(OCCOC)O[C@@H]1[C@H]([18O]C(=O)[C@@H](N)Cc2ccccc2)[C@@H](CO[Si](OC2CCCCCCCCCCC2)(O[Si](C)(C)C)O[Si](C)(C)C)O[C@H]1n1cnc2c(NC(c3ccccc3)(c3ccc(OC)cc3)c3ccc(OC)cc3)ncnc21. The molecule has 2 aromatic heterocycles. The summed E-state index contributed by atoms with van der Waals surface area (Å²) in [6, 6.07) is 34.4. The first-order chi connectivity index (χ1) is 42.5. The average Bonchev–Trinajstić information content (AvgIpc) is 1.34. The van der Waals surface area contributed by atoms with Crippen LogP contribution in [0.3, 0.4) is 0 Å². The van der Waals surface area contributed by atoms with Crippen LogP contribution in [0.1, 0.15) is 99.1 Å². The number of nitrogens with one attached hydrogen (secondary N) is 1. The number of benzene rings is 4. The zero-order chi connectivity index (χ0) is 62.6. The van der Waals surface area contributed by atoms with E-state index in [0.717, 1.165) is 60.8 Å². The topological polar surface area (TPSA) is 219 Å². The van der Waals surface area contributed by atoms with Crippen LogP contribution in [0.4, 0.5) is 5.82 Å². The molecule has 5 atom stereocenters. The standard InChI is InChI=1S/C65H94N6O14Si3/c1-73-40-42-77-64(78-43-41-74-2)82-59-58(81-63(72)55(66)44-48-26-20-18-21-27-48)56(45-79-88(84-86(5,6)7,85-87(8,9)10)83-54-30-24-16-14-12-11-13-15-17-25-31-54)80-62(59)71-47-69-57-60(67-46-68-61(57)71)70-65(49-28-22-19-23-29-49,50-32-36-52(75-3)37-33-50)51-34-38-53(76-4)39-35-51/h18-23,26-29,32-39,46-47,54-56,58-59,62,64H,11-17,24-25,30-31,40-45,66H2,1-10H3,(H,67,68,70)/t55-,56+,58+,59+,62+/m0/s1/i81+2. The maximum atomic E-state index is 14.8. The molecule has 2 fully saturated rings. The van der Waals surface area contributed by atoms with Crippen LogP contribution in [0.15, 0.2) is 122 Å². The molecule has 0 amide bonds. The fraction of sp³-hybridized carbons (Fsp3) is 0.538. The van der Waals surface area contributed by atoms with Crippen molar-refractivity contribution in [3.8, 4) is 11.5 Å². The van der Waals surface area contributed by atoms with E-state index < -0.39 is 74.2 Å². The van der Waals surface area contributed by atoms with Gasteiger partial charge in [-0.1, -0.05) is 143 Å². The van der Waals surface area contributed by atoms with Crippen molar-refractivity contribution in [1.29, 1.82) is 0 Å². The minimum Gasteiger partial charge on any atom is -0.497 e. The predicted molar refractivity (Wildman–Crippen MR) is 344 cm³/mol. The van der Waals surface area contributed by atoms with Crippen molar-refractivity contribution < 1.29 is 64.5 Å². The molecule has 0 spiro atoms. The second-order valence-electron chi connectivity index (χ2n) is 24.4. The molecule has 480 valence electrons. The molecule has 20 nitrogen and oxygen atoms in total. The van der Waals surface area contributed by atoms with E-state index in [1.807, 2.05) is 97.1 Å². The second-order valence-corrected chi connectivity index (χ2v) is 36.0. The smallest absolute Gasteiger partial charge is 0.497 e. The summed E-state index contributed by atoms with van der Waals surface area (Å²) in [7, 11) is -2.70. The van der Waals surface area contributed by atoms with Crippen molar-refractivity contribution in [1.82, 2.24) is 19.5 Å². The van der Waals surface area contributed by atoms with Crippen molar-refractivity contribution in [2.24, 2.45) is 5.73 Å². The lowest BCUT2D eigenvalue weighted by Gasteiger charge is -2.40. The van der Waals surface area contributed by atoms with Crippen LogP contribution in [0.2, 0.25) is 39.3 Å². The van der Waals surface area contributed by atoms with Crippen molar-refractivity contribution >= 4 is 48.6 Å². The van der Waals surface area contributed by atoms with Gasteiger partial charge in [-0.05, 0) is 105 Å². The summed E-state index contributed by atoms with van der Waals surface area (Å²) in [5.41, 5.74) is 9.96. The van der Waals surface area contributed by atoms with Gasteiger partial charge in [-0.2, -0.15) is 0 Å². The first-order valence-corrected chi connectivity index (χ1v) is 39.5. The highest BCUT2D eigenvalue weighted by molar-refractivity contribution is 6.83. The number of hydrogen-bond acceptors (Lipinski definition) is 19. The highest BCUT2D eigenvalue weighted by atomic mass is 28.5. The number of hydrogen-bond donors (Lipinski definition) is 2. The molecule has 0 bridgehead atoms. The molecular formula is C65H94N6O14Si3. The number of anilines is 1. The number of carbonyl (C=O) groups is 1. The summed E-state index contributed by atoms with van der Waals surface area (Å²) >= 11 is 0. The Bertz CT molecular complexity index is 2930. The summed E-state index contributed by atoms with van der Waals surface area (Å²) < 4.78 is 86.3. The zero-order valence-electron chi connectivity index (χ0n) is 53.2. The van der Waals surface area contributed by atoms with Gasteiger partial charge in [0.05, 0.1) is 59.7 Å². The zero-order valence-corrected chi connectivity index (χ0v) is 56.2. The number of nitrogens with zero attached hydrogens (tertiary/aromatic N) is 4. The van der Waals surface area contributed by atoms with Crippen LogP contribution in [-0.2, 0) is 67.0 Å². The van der Waals surface area contributed by atoms with Gasteiger partial charge in [0.15, 0.2) is 45.9 Å². The van der Waals surface area contributed by atoms with Crippen LogP contribution in [-0.4, -0.2) is 150 Å². The molecular weight excluding hydrogens is 1180 g/mol. The summed E-state index contributed by atoms with van der Waals surface area (Å²) in [5, 5.41) is 3.89. The van der Waals surface area contributed by atoms with E-state index in [0.29, 0.717) is 28.5 Å². The Labute approximate surface area is 523 Å². The lowest BCUT2D eigenvalue weighted by molar-refractivity contribution is -0.321. The van der Waals surface area contributed by atoms with Gasteiger partial charge in [-0.15, -0.1) is 0 Å². The van der Waals surface area contributed by atoms with Gasteiger partial charge in [0, 0.05) is 14.2 Å². The Morgan fingerprint density at radius 3 is 1.73 bits per heavy atom. The van der Waals surface area contributed by atoms with Crippen LogP contribution >= 0.6 is 0 Å². The van der Waals surface area contributed by atoms with Gasteiger partial charge in [0.25, 0.3) is 6.48 Å². The maximum Gasteiger partial charge on any atom is 0.658 e. The lowest BCUT2D eigenvalue weighted by Crippen LogP contribution is -2.61. The van der Waals surface area contributed by atoms with Gasteiger partial charge in [0.2, 0.25) is 0 Å². The molecule has 1 aliphatic carbocycles. The summed E-state index contributed by atoms with van der Waals surface area (Å²) in [6.07, 6.45) is 10.5. The molecule has 4 aromatic carbocycles. The monoisotopic (exact) mass is 1270 g/mol. The number of esters is 1. The van der Waals surface area contributed by atoms with E-state index in [1.165, 1.54) is 38.4 Å². The molecule has 2 aliphatic rings. The number of methoxy groups -OCH3 is 4. The fourth-order valence-corrected chi connectivity index (χ4v) is 19.7. The molecule has 0 radical (unpaired) electrons. The normalized spacial score (nSPS) is 19.0. The Kier molecular flexibility index (Phi) is 25.7. The Morgan fingerprint density at radius 1 is 0.682 bits per heavy atom. The molecule has 1 saturated carbocycles. The number of imidazole rings is 1. The predicted octanol–water partition coefficient (Wildman–Crippen LogP) is 11.5. The van der Waals surface area contributed by atoms with Crippen LogP contribution in [0.25, 0.3) is 11.2 Å². The molecule has 3 N–H and O–H groups in total. The molecule has 6 aromatic rings. The molecule has 23 heteroatoms. The van der Waals surface area contributed by atoms with Gasteiger partial charge in [-0.25, -0.2) is 15.0 Å². The van der Waals surface area contributed by atoms with E-state index in [2.05, 4.69) is 56.7 Å². The van der Waals surface area contributed by atoms with Gasteiger partial charge >= 0.3 is 15.0 Å². The van der Waals surface area contributed by atoms with Crippen LogP contribution in [0.5, 0.6) is 11.5 Å². The molecule has 8 rings (SSSR count). The third kappa shape index (κ3) is 19.0. The van der Waals surface area contributed by atoms with Gasteiger partial charge in [-0.3, -0.25) is 9.36 Å². The van der Waals surface area contributed by atoms with Crippen molar-refractivity contribution in [3.63, 3.8) is 0 Å². The largest absolute Gasteiger partial charge is 0.658 e. The highest BCUT2D eigenvalue weighted by Crippen LogP contribution is 2.44. The first-order valence-electron chi connectivity index (χ1n) is 31.0. The van der Waals surface area contributed by atoms with Crippen molar-refractivity contribution in [3.05, 3.63) is 144 Å². The number of nitrogens with two attached hydrogens (primary N) is 1. The van der Waals surface area contributed by atoms with E-state index in [4.69, 9.17) is 80.4 Å². The Hall–Kier alpha value is -5.49. The van der Waals surface area contributed by atoms with Crippen molar-refractivity contribution in [2.45, 2.75) is 165 Å². The second kappa shape index (κ2) is 33.0. The number of rotatable bonds is 31. The summed E-state index contributed by atoms with van der Waals surface area (Å²) in [4.78, 5) is 29.7. The third-order valence-corrected chi connectivity index (χ3v) is 23.4.